The van der Waals surface area contributed by atoms with Crippen LogP contribution in [0.15, 0.2) is 18.3 Å². The van der Waals surface area contributed by atoms with Gasteiger partial charge in [-0.2, -0.15) is 0 Å². The third kappa shape index (κ3) is 1.84. The quantitative estimate of drug-likeness (QED) is 0.660. The van der Waals surface area contributed by atoms with Crippen molar-refractivity contribution < 1.29 is 5.11 Å². The number of aromatic nitrogens is 1. The van der Waals surface area contributed by atoms with E-state index in [9.17, 15) is 0 Å². The van der Waals surface area contributed by atoms with Gasteiger partial charge in [-0.25, -0.2) is 0 Å². The predicted octanol–water partition coefficient (Wildman–Crippen LogP) is 1.16. The van der Waals surface area contributed by atoms with Crippen molar-refractivity contribution in [1.29, 1.82) is 0 Å². The number of aliphatic hydroxyl groups is 1. The first-order valence-corrected chi connectivity index (χ1v) is 3.81. The largest absolute Gasteiger partial charge is 0.396 e. The molecule has 2 heteroatoms. The maximum absolute atomic E-state index is 8.83. The molecule has 0 aromatic carbocycles. The van der Waals surface area contributed by atoms with Gasteiger partial charge in [0, 0.05) is 23.4 Å². The highest BCUT2D eigenvalue weighted by atomic mass is 16.3. The molecule has 0 radical (unpaired) electrons. The summed E-state index contributed by atoms with van der Waals surface area (Å²) in [4.78, 5) is 4.12. The number of hydrogen-bond acceptors (Lipinski definition) is 2. The topological polar surface area (TPSA) is 33.1 Å². The van der Waals surface area contributed by atoms with Crippen molar-refractivity contribution in [3.63, 3.8) is 0 Å². The Labute approximate surface area is 72.3 Å². The Hall–Kier alpha value is -1.33. The van der Waals surface area contributed by atoms with Gasteiger partial charge < -0.3 is 5.11 Å². The fraction of sp³-hybridized carbons (Fsp3) is 0.300. The van der Waals surface area contributed by atoms with Gasteiger partial charge in [-0.05, 0) is 12.1 Å². The van der Waals surface area contributed by atoms with E-state index in [1.54, 1.807) is 6.20 Å². The highest BCUT2D eigenvalue weighted by molar-refractivity contribution is 5.30. The Kier molecular flexibility index (Phi) is 2.84. The summed E-state index contributed by atoms with van der Waals surface area (Å²) in [5, 5.41) is 8.83. The summed E-state index contributed by atoms with van der Waals surface area (Å²) in [6.45, 7) is 2.03. The van der Waals surface area contributed by atoms with Crippen molar-refractivity contribution in [3.05, 3.63) is 29.6 Å². The lowest BCUT2D eigenvalue weighted by molar-refractivity contribution is 0.271. The lowest BCUT2D eigenvalue weighted by Gasteiger charge is -2.05. The number of aliphatic hydroxyl groups excluding tert-OH is 1. The SMILES string of the molecule is C#Cc1ccc(C(C)CO)nc1. The first kappa shape index (κ1) is 8.76. The van der Waals surface area contributed by atoms with Crippen LogP contribution in [0.25, 0.3) is 0 Å². The van der Waals surface area contributed by atoms with E-state index in [2.05, 4.69) is 10.9 Å². The van der Waals surface area contributed by atoms with E-state index in [0.29, 0.717) is 0 Å². The van der Waals surface area contributed by atoms with E-state index in [-0.39, 0.29) is 12.5 Å². The number of pyridine rings is 1. The normalized spacial score (nSPS) is 12.1. The number of rotatable bonds is 2. The molecule has 0 fully saturated rings. The van der Waals surface area contributed by atoms with Gasteiger partial charge in [-0.3, -0.25) is 4.98 Å². The number of terminal acetylenes is 1. The van der Waals surface area contributed by atoms with E-state index in [1.165, 1.54) is 0 Å². The van der Waals surface area contributed by atoms with Crippen LogP contribution in [0, 0.1) is 12.3 Å². The van der Waals surface area contributed by atoms with Gasteiger partial charge in [-0.15, -0.1) is 6.42 Å². The molecular formula is C10H11NO. The van der Waals surface area contributed by atoms with Crippen LogP contribution in [-0.2, 0) is 0 Å². The van der Waals surface area contributed by atoms with Gasteiger partial charge in [-0.1, -0.05) is 12.8 Å². The summed E-state index contributed by atoms with van der Waals surface area (Å²) >= 11 is 0. The predicted molar refractivity (Wildman–Crippen MR) is 47.7 cm³/mol. The maximum Gasteiger partial charge on any atom is 0.0512 e. The summed E-state index contributed by atoms with van der Waals surface area (Å²) in [6.07, 6.45) is 6.81. The molecule has 1 aromatic rings. The molecule has 2 nitrogen and oxygen atoms in total. The Balaban J connectivity index is 2.86. The van der Waals surface area contributed by atoms with Gasteiger partial charge >= 0.3 is 0 Å². The Morgan fingerprint density at radius 1 is 1.67 bits per heavy atom. The zero-order valence-corrected chi connectivity index (χ0v) is 6.99. The minimum atomic E-state index is 0.0804. The summed E-state index contributed by atoms with van der Waals surface area (Å²) in [7, 11) is 0. The molecule has 1 heterocycles. The molecule has 1 aromatic heterocycles. The van der Waals surface area contributed by atoms with Crippen molar-refractivity contribution in [2.24, 2.45) is 0 Å². The molecule has 62 valence electrons. The Morgan fingerprint density at radius 3 is 2.83 bits per heavy atom. The standard InChI is InChI=1S/C10H11NO/c1-3-9-4-5-10(11-6-9)8(2)7-12/h1,4-6,8,12H,7H2,2H3. The second kappa shape index (κ2) is 3.89. The second-order valence-corrected chi connectivity index (χ2v) is 2.70. The van der Waals surface area contributed by atoms with E-state index >= 15 is 0 Å². The first-order valence-electron chi connectivity index (χ1n) is 3.81. The van der Waals surface area contributed by atoms with Crippen molar-refractivity contribution >= 4 is 0 Å². The molecule has 1 unspecified atom stereocenters. The van der Waals surface area contributed by atoms with E-state index in [4.69, 9.17) is 11.5 Å². The van der Waals surface area contributed by atoms with Crippen LogP contribution in [0.5, 0.6) is 0 Å². The zero-order valence-electron chi connectivity index (χ0n) is 6.99. The third-order valence-corrected chi connectivity index (χ3v) is 1.73. The minimum Gasteiger partial charge on any atom is -0.396 e. The van der Waals surface area contributed by atoms with Crippen molar-refractivity contribution in [2.75, 3.05) is 6.61 Å². The van der Waals surface area contributed by atoms with E-state index < -0.39 is 0 Å². The molecule has 0 aliphatic rings. The molecule has 0 aliphatic carbocycles. The first-order chi connectivity index (χ1) is 5.77. The van der Waals surface area contributed by atoms with Gasteiger partial charge in [0.1, 0.15) is 0 Å². The van der Waals surface area contributed by atoms with Gasteiger partial charge in [0.25, 0.3) is 0 Å². The molecule has 1 atom stereocenters. The molecule has 0 amide bonds. The molecule has 0 saturated carbocycles. The molecular weight excluding hydrogens is 150 g/mol. The van der Waals surface area contributed by atoms with Gasteiger partial charge in [0.15, 0.2) is 0 Å². The summed E-state index contributed by atoms with van der Waals surface area (Å²) < 4.78 is 0. The molecule has 0 saturated heterocycles. The highest BCUT2D eigenvalue weighted by Gasteiger charge is 2.03. The number of nitrogens with zero attached hydrogens (tertiary/aromatic N) is 1. The molecule has 1 N–H and O–H groups in total. The zero-order chi connectivity index (χ0) is 8.97. The summed E-state index contributed by atoms with van der Waals surface area (Å²) in [5.74, 6) is 2.57. The average molecular weight is 161 g/mol. The molecule has 0 aliphatic heterocycles. The highest BCUT2D eigenvalue weighted by Crippen LogP contribution is 2.10. The minimum absolute atomic E-state index is 0.0804. The van der Waals surface area contributed by atoms with Crippen molar-refractivity contribution in [1.82, 2.24) is 4.98 Å². The monoisotopic (exact) mass is 161 g/mol. The fourth-order valence-corrected chi connectivity index (χ4v) is 0.876. The average Bonchev–Trinajstić information content (AvgIpc) is 2.17. The smallest absolute Gasteiger partial charge is 0.0512 e. The van der Waals surface area contributed by atoms with Gasteiger partial charge in [0.05, 0.1) is 6.61 Å². The van der Waals surface area contributed by atoms with Crippen molar-refractivity contribution in [3.8, 4) is 12.3 Å². The van der Waals surface area contributed by atoms with Crippen LogP contribution in [-0.4, -0.2) is 16.7 Å². The molecule has 0 bridgehead atoms. The molecule has 0 spiro atoms. The Morgan fingerprint density at radius 2 is 2.42 bits per heavy atom. The van der Waals surface area contributed by atoms with Crippen LogP contribution in [0.4, 0.5) is 0 Å². The summed E-state index contributed by atoms with van der Waals surface area (Å²) in [5.41, 5.74) is 1.64. The second-order valence-electron chi connectivity index (χ2n) is 2.70. The van der Waals surface area contributed by atoms with Crippen LogP contribution in [0.2, 0.25) is 0 Å². The number of hydrogen-bond donors (Lipinski definition) is 1. The summed E-state index contributed by atoms with van der Waals surface area (Å²) in [6, 6.07) is 3.67. The van der Waals surface area contributed by atoms with Crippen molar-refractivity contribution in [2.45, 2.75) is 12.8 Å². The van der Waals surface area contributed by atoms with Gasteiger partial charge in [0.2, 0.25) is 0 Å². The lowest BCUT2D eigenvalue weighted by atomic mass is 10.1. The van der Waals surface area contributed by atoms with Crippen LogP contribution in [0.1, 0.15) is 24.1 Å². The maximum atomic E-state index is 8.83. The van der Waals surface area contributed by atoms with E-state index in [0.717, 1.165) is 11.3 Å². The fourth-order valence-electron chi connectivity index (χ4n) is 0.876. The Bertz CT molecular complexity index is 284. The molecule has 1 rings (SSSR count). The lowest BCUT2D eigenvalue weighted by Crippen LogP contribution is -2.01. The van der Waals surface area contributed by atoms with E-state index in [1.807, 2.05) is 19.1 Å². The van der Waals surface area contributed by atoms with Crippen LogP contribution in [0.3, 0.4) is 0 Å². The van der Waals surface area contributed by atoms with Crippen LogP contribution < -0.4 is 0 Å². The van der Waals surface area contributed by atoms with Crippen LogP contribution >= 0.6 is 0 Å². The third-order valence-electron chi connectivity index (χ3n) is 1.73. The molecule has 12 heavy (non-hydrogen) atoms.